The van der Waals surface area contributed by atoms with Gasteiger partial charge in [0.1, 0.15) is 0 Å². The summed E-state index contributed by atoms with van der Waals surface area (Å²) in [7, 11) is 0. The van der Waals surface area contributed by atoms with Crippen LogP contribution >= 0.6 is 0 Å². The van der Waals surface area contributed by atoms with E-state index in [4.69, 9.17) is 0 Å². The molecule has 0 radical (unpaired) electrons. The molecule has 1 amide bonds. The van der Waals surface area contributed by atoms with Crippen LogP contribution in [-0.2, 0) is 4.79 Å². The Labute approximate surface area is 121 Å². The van der Waals surface area contributed by atoms with E-state index in [0.717, 1.165) is 43.6 Å². The minimum atomic E-state index is -0.00789. The lowest BCUT2D eigenvalue weighted by Gasteiger charge is -2.20. The molecule has 1 aliphatic rings. The zero-order valence-electron chi connectivity index (χ0n) is 12.7. The first-order valence-corrected chi connectivity index (χ1v) is 7.71. The Morgan fingerprint density at radius 3 is 2.85 bits per heavy atom. The highest BCUT2D eigenvalue weighted by Gasteiger charge is 2.35. The Morgan fingerprint density at radius 1 is 1.50 bits per heavy atom. The summed E-state index contributed by atoms with van der Waals surface area (Å²) in [5.74, 6) is 1.49. The van der Waals surface area contributed by atoms with Gasteiger partial charge in [0.25, 0.3) is 0 Å². The lowest BCUT2D eigenvalue weighted by Crippen LogP contribution is -2.35. The molecular formula is C16H25N3O. The molecule has 2 atom stereocenters. The van der Waals surface area contributed by atoms with Crippen LogP contribution in [0.2, 0.25) is 0 Å². The molecule has 0 aliphatic heterocycles. The van der Waals surface area contributed by atoms with E-state index < -0.39 is 0 Å². The van der Waals surface area contributed by atoms with Gasteiger partial charge in [0.05, 0.1) is 6.04 Å². The SMILES string of the molecule is CCCCC(C)C(=O)NC(c1nccc(C)n1)C1CC1. The summed E-state index contributed by atoms with van der Waals surface area (Å²) < 4.78 is 0. The molecule has 2 unspecified atom stereocenters. The van der Waals surface area contributed by atoms with Gasteiger partial charge in [-0.15, -0.1) is 0 Å². The molecule has 1 saturated carbocycles. The Hall–Kier alpha value is -1.45. The number of nitrogens with zero attached hydrogens (tertiary/aromatic N) is 2. The van der Waals surface area contributed by atoms with Gasteiger partial charge in [0.15, 0.2) is 5.82 Å². The molecule has 1 aromatic rings. The predicted molar refractivity (Wildman–Crippen MR) is 79.1 cm³/mol. The number of amides is 1. The van der Waals surface area contributed by atoms with E-state index in [1.807, 2.05) is 19.9 Å². The van der Waals surface area contributed by atoms with Gasteiger partial charge in [0, 0.05) is 17.8 Å². The first-order valence-electron chi connectivity index (χ1n) is 7.71. The third kappa shape index (κ3) is 4.02. The molecule has 1 N–H and O–H groups in total. The van der Waals surface area contributed by atoms with Gasteiger partial charge in [-0.05, 0) is 38.2 Å². The predicted octanol–water partition coefficient (Wildman–Crippen LogP) is 3.18. The summed E-state index contributed by atoms with van der Waals surface area (Å²) in [4.78, 5) is 21.1. The smallest absolute Gasteiger partial charge is 0.223 e. The molecule has 0 aromatic carbocycles. The van der Waals surface area contributed by atoms with Gasteiger partial charge >= 0.3 is 0 Å². The van der Waals surface area contributed by atoms with Crippen LogP contribution in [0.5, 0.6) is 0 Å². The summed E-state index contributed by atoms with van der Waals surface area (Å²) in [5, 5.41) is 3.17. The monoisotopic (exact) mass is 275 g/mol. The van der Waals surface area contributed by atoms with Crippen LogP contribution < -0.4 is 5.32 Å². The fourth-order valence-corrected chi connectivity index (χ4v) is 2.38. The molecule has 4 nitrogen and oxygen atoms in total. The van der Waals surface area contributed by atoms with E-state index in [2.05, 4.69) is 22.2 Å². The molecule has 4 heteroatoms. The van der Waals surface area contributed by atoms with Crippen LogP contribution in [-0.4, -0.2) is 15.9 Å². The zero-order chi connectivity index (χ0) is 14.5. The van der Waals surface area contributed by atoms with Gasteiger partial charge in [-0.3, -0.25) is 4.79 Å². The Balaban J connectivity index is 2.01. The Kier molecular flexibility index (Phi) is 5.10. The molecular weight excluding hydrogens is 250 g/mol. The van der Waals surface area contributed by atoms with Crippen molar-refractivity contribution in [2.24, 2.45) is 11.8 Å². The van der Waals surface area contributed by atoms with Crippen molar-refractivity contribution in [1.82, 2.24) is 15.3 Å². The molecule has 1 fully saturated rings. The summed E-state index contributed by atoms with van der Waals surface area (Å²) >= 11 is 0. The fourth-order valence-electron chi connectivity index (χ4n) is 2.38. The fraction of sp³-hybridized carbons (Fsp3) is 0.688. The van der Waals surface area contributed by atoms with E-state index in [0.29, 0.717) is 5.92 Å². The summed E-state index contributed by atoms with van der Waals surface area (Å²) in [5.41, 5.74) is 0.953. The third-order valence-electron chi connectivity index (χ3n) is 3.92. The maximum Gasteiger partial charge on any atom is 0.223 e. The lowest BCUT2D eigenvalue weighted by atomic mass is 10.0. The third-order valence-corrected chi connectivity index (χ3v) is 3.92. The number of carbonyl (C=O) groups is 1. The number of hydrogen-bond acceptors (Lipinski definition) is 3. The lowest BCUT2D eigenvalue weighted by molar-refractivity contribution is -0.125. The van der Waals surface area contributed by atoms with Crippen LogP contribution in [0.3, 0.4) is 0 Å². The quantitative estimate of drug-likeness (QED) is 0.831. The van der Waals surface area contributed by atoms with Gasteiger partial charge < -0.3 is 5.32 Å². The van der Waals surface area contributed by atoms with Crippen molar-refractivity contribution in [3.63, 3.8) is 0 Å². The minimum absolute atomic E-state index is 0.00789. The molecule has 0 saturated heterocycles. The van der Waals surface area contributed by atoms with Crippen molar-refractivity contribution < 1.29 is 4.79 Å². The van der Waals surface area contributed by atoms with Crippen molar-refractivity contribution >= 4 is 5.91 Å². The molecule has 0 bridgehead atoms. The number of rotatable bonds is 7. The van der Waals surface area contributed by atoms with E-state index in [9.17, 15) is 4.79 Å². The van der Waals surface area contributed by atoms with E-state index in [1.165, 1.54) is 0 Å². The van der Waals surface area contributed by atoms with Crippen LogP contribution in [0.1, 0.15) is 63.5 Å². The number of nitrogens with one attached hydrogen (secondary N) is 1. The molecule has 0 spiro atoms. The van der Waals surface area contributed by atoms with Gasteiger partial charge in [-0.1, -0.05) is 26.7 Å². The van der Waals surface area contributed by atoms with Crippen LogP contribution in [0, 0.1) is 18.8 Å². The molecule has 110 valence electrons. The highest BCUT2D eigenvalue weighted by atomic mass is 16.1. The van der Waals surface area contributed by atoms with E-state index in [-0.39, 0.29) is 17.9 Å². The first-order chi connectivity index (χ1) is 9.61. The maximum atomic E-state index is 12.3. The largest absolute Gasteiger partial charge is 0.346 e. The van der Waals surface area contributed by atoms with Crippen molar-refractivity contribution in [3.05, 3.63) is 23.8 Å². The molecule has 1 aliphatic carbocycles. The minimum Gasteiger partial charge on any atom is -0.346 e. The van der Waals surface area contributed by atoms with E-state index >= 15 is 0 Å². The standard InChI is InChI=1S/C16H25N3O/c1-4-5-6-11(2)16(20)19-14(13-7-8-13)15-17-10-9-12(3)18-15/h9-11,13-14H,4-8H2,1-3H3,(H,19,20). The van der Waals surface area contributed by atoms with Crippen LogP contribution in [0.15, 0.2) is 12.3 Å². The van der Waals surface area contributed by atoms with Crippen molar-refractivity contribution in [1.29, 1.82) is 0 Å². The van der Waals surface area contributed by atoms with Gasteiger partial charge in [-0.25, -0.2) is 9.97 Å². The number of aromatic nitrogens is 2. The number of unbranched alkanes of at least 4 members (excludes halogenated alkanes) is 1. The molecule has 20 heavy (non-hydrogen) atoms. The summed E-state index contributed by atoms with van der Waals surface area (Å²) in [6.07, 6.45) is 7.28. The second kappa shape index (κ2) is 6.82. The average molecular weight is 275 g/mol. The van der Waals surface area contributed by atoms with Gasteiger partial charge in [-0.2, -0.15) is 0 Å². The van der Waals surface area contributed by atoms with Gasteiger partial charge in [0.2, 0.25) is 5.91 Å². The van der Waals surface area contributed by atoms with Crippen molar-refractivity contribution in [3.8, 4) is 0 Å². The number of aryl methyl sites for hydroxylation is 1. The second-order valence-corrected chi connectivity index (χ2v) is 5.92. The highest BCUT2D eigenvalue weighted by Crippen LogP contribution is 2.40. The number of hydrogen-bond donors (Lipinski definition) is 1. The molecule has 2 rings (SSSR count). The molecule has 1 heterocycles. The molecule has 1 aromatic heterocycles. The highest BCUT2D eigenvalue weighted by molar-refractivity contribution is 5.78. The average Bonchev–Trinajstić information content (AvgIpc) is 3.26. The number of carbonyl (C=O) groups excluding carboxylic acids is 1. The van der Waals surface area contributed by atoms with E-state index in [1.54, 1.807) is 6.20 Å². The second-order valence-electron chi connectivity index (χ2n) is 5.92. The van der Waals surface area contributed by atoms with Crippen LogP contribution in [0.4, 0.5) is 0 Å². The Bertz CT molecular complexity index is 457. The van der Waals surface area contributed by atoms with Crippen molar-refractivity contribution in [2.45, 2.75) is 58.9 Å². The van der Waals surface area contributed by atoms with Crippen LogP contribution in [0.25, 0.3) is 0 Å². The van der Waals surface area contributed by atoms with Crippen molar-refractivity contribution in [2.75, 3.05) is 0 Å². The maximum absolute atomic E-state index is 12.3. The summed E-state index contributed by atoms with van der Waals surface area (Å²) in [6, 6.07) is 1.88. The topological polar surface area (TPSA) is 54.9 Å². The zero-order valence-corrected chi connectivity index (χ0v) is 12.7. The summed E-state index contributed by atoms with van der Waals surface area (Å²) in [6.45, 7) is 6.12. The first kappa shape index (κ1) is 14.9. The normalized spacial score (nSPS) is 17.6. The Morgan fingerprint density at radius 2 is 2.25 bits per heavy atom.